The van der Waals surface area contributed by atoms with Crippen LogP contribution in [0, 0.1) is 0 Å². The minimum atomic E-state index is -0.701. The molecule has 0 aliphatic heterocycles. The van der Waals surface area contributed by atoms with Crippen LogP contribution in [0.5, 0.6) is 5.75 Å². The maximum Gasteiger partial charge on any atom is 0.342 e. The van der Waals surface area contributed by atoms with Crippen LogP contribution in [0.15, 0.2) is 36.4 Å². The molecule has 1 amide bonds. The first-order chi connectivity index (χ1) is 13.0. The molecule has 0 saturated carbocycles. The number of rotatable bonds is 5. The van der Waals surface area contributed by atoms with Crippen LogP contribution in [-0.2, 0) is 16.0 Å². The Morgan fingerprint density at radius 1 is 1.30 bits per heavy atom. The molecule has 2 aromatic carbocycles. The van der Waals surface area contributed by atoms with Crippen LogP contribution in [-0.4, -0.2) is 25.6 Å². The van der Waals surface area contributed by atoms with Crippen LogP contribution < -0.4 is 15.8 Å². The number of anilines is 1. The highest BCUT2D eigenvalue weighted by atomic mass is 35.5. The molecule has 27 heavy (non-hydrogen) atoms. The Hall–Kier alpha value is -2.73. The number of aryl methyl sites for hydroxylation is 1. The van der Waals surface area contributed by atoms with Gasteiger partial charge in [-0.1, -0.05) is 35.9 Å². The van der Waals surface area contributed by atoms with E-state index in [1.54, 1.807) is 0 Å². The van der Waals surface area contributed by atoms with Crippen LogP contribution in [0.2, 0.25) is 5.02 Å². The van der Waals surface area contributed by atoms with E-state index >= 15 is 0 Å². The van der Waals surface area contributed by atoms with Crippen molar-refractivity contribution in [2.75, 3.05) is 19.5 Å². The summed E-state index contributed by atoms with van der Waals surface area (Å²) in [5.41, 5.74) is 8.47. The molecule has 0 saturated heterocycles. The zero-order valence-electron chi connectivity index (χ0n) is 15.0. The van der Waals surface area contributed by atoms with E-state index in [0.29, 0.717) is 5.69 Å². The number of hydrogen-bond donors (Lipinski definition) is 2. The largest absolute Gasteiger partial charge is 0.496 e. The van der Waals surface area contributed by atoms with Gasteiger partial charge in [0, 0.05) is 6.07 Å². The molecule has 1 atom stereocenters. The van der Waals surface area contributed by atoms with Crippen LogP contribution in [0.4, 0.5) is 5.69 Å². The third-order valence-electron chi connectivity index (χ3n) is 4.58. The summed E-state index contributed by atoms with van der Waals surface area (Å²) in [5, 5.41) is 3.15. The number of nitrogens with one attached hydrogen (secondary N) is 1. The van der Waals surface area contributed by atoms with E-state index in [-0.39, 0.29) is 34.9 Å². The summed E-state index contributed by atoms with van der Waals surface area (Å²) in [6.45, 7) is -0.386. The summed E-state index contributed by atoms with van der Waals surface area (Å²) < 4.78 is 10.3. The maximum absolute atomic E-state index is 12.3. The molecule has 7 heteroatoms. The van der Waals surface area contributed by atoms with E-state index in [1.165, 1.54) is 24.8 Å². The van der Waals surface area contributed by atoms with Gasteiger partial charge in [-0.15, -0.1) is 0 Å². The van der Waals surface area contributed by atoms with E-state index in [0.717, 1.165) is 24.8 Å². The molecular formula is C20H21ClN2O4. The normalized spacial score (nSPS) is 15.6. The lowest BCUT2D eigenvalue weighted by Crippen LogP contribution is -2.34. The second kappa shape index (κ2) is 8.31. The molecule has 0 bridgehead atoms. The highest BCUT2D eigenvalue weighted by Crippen LogP contribution is 2.30. The summed E-state index contributed by atoms with van der Waals surface area (Å²) in [5.74, 6) is -0.818. The number of benzene rings is 2. The molecule has 1 aliphatic rings. The van der Waals surface area contributed by atoms with Crippen molar-refractivity contribution in [1.29, 1.82) is 0 Å². The Balaban J connectivity index is 1.62. The van der Waals surface area contributed by atoms with Crippen LogP contribution in [0.25, 0.3) is 0 Å². The molecule has 142 valence electrons. The Kier molecular flexibility index (Phi) is 5.86. The fraction of sp³-hybridized carbons (Fsp3) is 0.300. The zero-order chi connectivity index (χ0) is 19.4. The maximum atomic E-state index is 12.3. The molecule has 0 fully saturated rings. The number of ether oxygens (including phenoxy) is 2. The summed E-state index contributed by atoms with van der Waals surface area (Å²) in [6.07, 6.45) is 2.87. The van der Waals surface area contributed by atoms with Crippen LogP contribution in [0.3, 0.4) is 0 Å². The van der Waals surface area contributed by atoms with Gasteiger partial charge in [-0.3, -0.25) is 4.79 Å². The molecule has 2 aromatic rings. The molecule has 0 heterocycles. The van der Waals surface area contributed by atoms with E-state index < -0.39 is 5.97 Å². The molecule has 0 spiro atoms. The summed E-state index contributed by atoms with van der Waals surface area (Å²) >= 11 is 5.96. The first kappa shape index (κ1) is 19.0. The van der Waals surface area contributed by atoms with Crippen molar-refractivity contribution < 1.29 is 19.1 Å². The number of methoxy groups -OCH3 is 1. The summed E-state index contributed by atoms with van der Waals surface area (Å²) in [7, 11) is 1.41. The molecule has 3 N–H and O–H groups in total. The lowest BCUT2D eigenvalue weighted by atomic mass is 9.88. The van der Waals surface area contributed by atoms with Crippen molar-refractivity contribution in [3.8, 4) is 5.75 Å². The quantitative estimate of drug-likeness (QED) is 0.606. The Bertz CT molecular complexity index is 869. The van der Waals surface area contributed by atoms with Gasteiger partial charge in [-0.2, -0.15) is 0 Å². The third-order valence-corrected chi connectivity index (χ3v) is 4.91. The molecule has 0 aromatic heterocycles. The van der Waals surface area contributed by atoms with Gasteiger partial charge in [0.15, 0.2) is 6.61 Å². The molecule has 1 unspecified atom stereocenters. The monoisotopic (exact) mass is 388 g/mol. The minimum Gasteiger partial charge on any atom is -0.496 e. The number of carbonyl (C=O) groups excluding carboxylic acids is 2. The summed E-state index contributed by atoms with van der Waals surface area (Å²) in [4.78, 5) is 24.6. The summed E-state index contributed by atoms with van der Waals surface area (Å²) in [6, 6.07) is 10.8. The average Bonchev–Trinajstić information content (AvgIpc) is 2.68. The molecule has 6 nitrogen and oxygen atoms in total. The van der Waals surface area contributed by atoms with Crippen molar-refractivity contribution in [3.63, 3.8) is 0 Å². The zero-order valence-corrected chi connectivity index (χ0v) is 15.7. The van der Waals surface area contributed by atoms with Crippen LogP contribution >= 0.6 is 11.6 Å². The lowest BCUT2D eigenvalue weighted by molar-refractivity contribution is -0.125. The van der Waals surface area contributed by atoms with E-state index in [9.17, 15) is 9.59 Å². The molecule has 3 rings (SSSR count). The van der Waals surface area contributed by atoms with Crippen molar-refractivity contribution >= 4 is 29.2 Å². The predicted molar refractivity (Wildman–Crippen MR) is 103 cm³/mol. The number of carbonyl (C=O) groups is 2. The van der Waals surface area contributed by atoms with Crippen molar-refractivity contribution in [3.05, 3.63) is 58.1 Å². The van der Waals surface area contributed by atoms with Gasteiger partial charge < -0.3 is 20.5 Å². The van der Waals surface area contributed by atoms with E-state index in [2.05, 4.69) is 11.4 Å². The van der Waals surface area contributed by atoms with Crippen molar-refractivity contribution in [1.82, 2.24) is 5.32 Å². The SMILES string of the molecule is COc1cc(N)c(Cl)cc1C(=O)OCC(=O)NC1CCCc2ccccc21. The topological polar surface area (TPSA) is 90.7 Å². The average molecular weight is 389 g/mol. The van der Waals surface area contributed by atoms with Crippen molar-refractivity contribution in [2.45, 2.75) is 25.3 Å². The first-order valence-electron chi connectivity index (χ1n) is 8.67. The highest BCUT2D eigenvalue weighted by molar-refractivity contribution is 6.33. The smallest absolute Gasteiger partial charge is 0.342 e. The van der Waals surface area contributed by atoms with Crippen molar-refractivity contribution in [2.24, 2.45) is 0 Å². The molecule has 0 radical (unpaired) electrons. The second-order valence-corrected chi connectivity index (χ2v) is 6.77. The fourth-order valence-corrected chi connectivity index (χ4v) is 3.41. The number of hydrogen-bond acceptors (Lipinski definition) is 5. The standard InChI is InChI=1S/C20H21ClN2O4/c1-26-18-10-16(22)15(21)9-14(18)20(25)27-11-19(24)23-17-8-4-6-12-5-2-3-7-13(12)17/h2-3,5,7,9-10,17H,4,6,8,11,22H2,1H3,(H,23,24). The van der Waals surface area contributed by atoms with E-state index in [1.807, 2.05) is 18.2 Å². The Morgan fingerprint density at radius 3 is 2.85 bits per heavy atom. The Labute approximate surface area is 162 Å². The van der Waals surface area contributed by atoms with Gasteiger partial charge in [0.2, 0.25) is 0 Å². The number of amides is 1. The van der Waals surface area contributed by atoms with Gasteiger partial charge >= 0.3 is 5.97 Å². The molecular weight excluding hydrogens is 368 g/mol. The predicted octanol–water partition coefficient (Wildman–Crippen LogP) is 3.28. The van der Waals surface area contributed by atoms with Gasteiger partial charge in [0.1, 0.15) is 11.3 Å². The van der Waals surface area contributed by atoms with Gasteiger partial charge in [-0.05, 0) is 36.5 Å². The van der Waals surface area contributed by atoms with Crippen LogP contribution in [0.1, 0.15) is 40.4 Å². The minimum absolute atomic E-state index is 0.0679. The number of halogens is 1. The van der Waals surface area contributed by atoms with Gasteiger partial charge in [0.25, 0.3) is 5.91 Å². The number of nitrogen functional groups attached to an aromatic ring is 1. The number of fused-ring (bicyclic) bond motifs is 1. The Morgan fingerprint density at radius 2 is 2.07 bits per heavy atom. The van der Waals surface area contributed by atoms with E-state index in [4.69, 9.17) is 26.8 Å². The first-order valence-corrected chi connectivity index (χ1v) is 9.04. The number of esters is 1. The third kappa shape index (κ3) is 4.34. The second-order valence-electron chi connectivity index (χ2n) is 6.36. The fourth-order valence-electron chi connectivity index (χ4n) is 3.25. The number of nitrogens with two attached hydrogens (primary N) is 1. The molecule has 1 aliphatic carbocycles. The highest BCUT2D eigenvalue weighted by Gasteiger charge is 2.22. The van der Waals surface area contributed by atoms with Gasteiger partial charge in [-0.25, -0.2) is 4.79 Å². The lowest BCUT2D eigenvalue weighted by Gasteiger charge is -2.26. The van der Waals surface area contributed by atoms with Gasteiger partial charge in [0.05, 0.1) is 23.9 Å².